The number of hydrogen-bond donors (Lipinski definition) is 4. The van der Waals surface area contributed by atoms with Gasteiger partial charge in [-0.2, -0.15) is 0 Å². The maximum atomic E-state index is 9.83. The van der Waals surface area contributed by atoms with Crippen LogP contribution in [-0.2, 0) is 9.47 Å². The summed E-state index contributed by atoms with van der Waals surface area (Å²) in [6.07, 6.45) is -3.99. The molecule has 0 amide bonds. The lowest BCUT2D eigenvalue weighted by Gasteiger charge is -2.39. The fraction of sp³-hybridized carbons (Fsp3) is 0.636. The fourth-order valence-corrected chi connectivity index (χ4v) is 1.84. The first-order valence-corrected chi connectivity index (χ1v) is 5.59. The first-order chi connectivity index (χ1) is 8.67. The van der Waals surface area contributed by atoms with E-state index < -0.39 is 43.9 Å². The molecule has 7 heteroatoms. The van der Waals surface area contributed by atoms with Gasteiger partial charge in [0.25, 0.3) is 0 Å². The zero-order valence-electron chi connectivity index (χ0n) is 9.55. The van der Waals surface area contributed by atoms with Gasteiger partial charge >= 0.3 is 0 Å². The van der Waals surface area contributed by atoms with Crippen molar-refractivity contribution in [2.45, 2.75) is 30.7 Å². The first-order valence-electron chi connectivity index (χ1n) is 5.59. The molecular formula is C11H16O7. The van der Waals surface area contributed by atoms with Crippen LogP contribution >= 0.6 is 0 Å². The van der Waals surface area contributed by atoms with Crippen molar-refractivity contribution in [1.29, 1.82) is 0 Å². The van der Waals surface area contributed by atoms with Gasteiger partial charge in [-0.05, 0) is 12.1 Å². The van der Waals surface area contributed by atoms with Gasteiger partial charge in [-0.1, -0.05) is 0 Å². The molecule has 1 fully saturated rings. The van der Waals surface area contributed by atoms with Gasteiger partial charge in [0, 0.05) is 0 Å². The molecule has 0 saturated carbocycles. The average Bonchev–Trinajstić information content (AvgIpc) is 2.92. The van der Waals surface area contributed by atoms with Crippen molar-refractivity contribution in [3.05, 3.63) is 24.2 Å². The normalized spacial score (nSPS) is 34.4. The van der Waals surface area contributed by atoms with Crippen LogP contribution in [0.3, 0.4) is 0 Å². The number of hydrogen-bond acceptors (Lipinski definition) is 7. The third kappa shape index (κ3) is 2.56. The molecular weight excluding hydrogens is 244 g/mol. The van der Waals surface area contributed by atoms with Crippen molar-refractivity contribution < 1.29 is 34.3 Å². The summed E-state index contributed by atoms with van der Waals surface area (Å²) in [5, 5.41) is 37.5. The SMILES string of the molecule is OC[C@@H](O)[C@H]1OC(c2ccco2)O[C@@H](CO)[C@H]1O. The molecule has 2 rings (SSSR count). The van der Waals surface area contributed by atoms with Crippen LogP contribution < -0.4 is 0 Å². The Hall–Kier alpha value is -0.960. The lowest BCUT2D eigenvalue weighted by molar-refractivity contribution is -0.315. The van der Waals surface area contributed by atoms with E-state index in [1.807, 2.05) is 0 Å². The summed E-state index contributed by atoms with van der Waals surface area (Å²) in [6, 6.07) is 3.25. The molecule has 0 bridgehead atoms. The molecule has 0 spiro atoms. The summed E-state index contributed by atoms with van der Waals surface area (Å²) >= 11 is 0. The molecule has 1 aliphatic heterocycles. The molecule has 102 valence electrons. The number of aliphatic hydroxyl groups excluding tert-OH is 4. The lowest BCUT2D eigenvalue weighted by atomic mass is 10.0. The molecule has 5 atom stereocenters. The first kappa shape index (κ1) is 13.5. The second kappa shape index (κ2) is 5.79. The van der Waals surface area contributed by atoms with E-state index in [0.717, 1.165) is 0 Å². The number of rotatable bonds is 4. The highest BCUT2D eigenvalue weighted by molar-refractivity contribution is 5.02. The molecule has 7 nitrogen and oxygen atoms in total. The predicted octanol–water partition coefficient (Wildman–Crippen LogP) is -1.23. The van der Waals surface area contributed by atoms with Gasteiger partial charge in [-0.25, -0.2) is 0 Å². The minimum absolute atomic E-state index is 0.357. The van der Waals surface area contributed by atoms with E-state index >= 15 is 0 Å². The maximum absolute atomic E-state index is 9.83. The second-order valence-electron chi connectivity index (χ2n) is 4.05. The molecule has 4 N–H and O–H groups in total. The van der Waals surface area contributed by atoms with E-state index in [2.05, 4.69) is 0 Å². The quantitative estimate of drug-likeness (QED) is 0.536. The van der Waals surface area contributed by atoms with E-state index in [1.54, 1.807) is 12.1 Å². The summed E-state index contributed by atoms with van der Waals surface area (Å²) in [4.78, 5) is 0. The Bertz CT molecular complexity index is 352. The summed E-state index contributed by atoms with van der Waals surface area (Å²) in [5.74, 6) is 0.357. The maximum Gasteiger partial charge on any atom is 0.218 e. The highest BCUT2D eigenvalue weighted by Crippen LogP contribution is 2.31. The average molecular weight is 260 g/mol. The van der Waals surface area contributed by atoms with Gasteiger partial charge in [0.1, 0.15) is 24.4 Å². The van der Waals surface area contributed by atoms with E-state index in [4.69, 9.17) is 24.1 Å². The number of furan rings is 1. The van der Waals surface area contributed by atoms with Crippen molar-refractivity contribution in [3.8, 4) is 0 Å². The van der Waals surface area contributed by atoms with E-state index in [9.17, 15) is 10.2 Å². The molecule has 2 heterocycles. The van der Waals surface area contributed by atoms with Crippen LogP contribution in [0.5, 0.6) is 0 Å². The van der Waals surface area contributed by atoms with Crippen LogP contribution in [0.4, 0.5) is 0 Å². The zero-order chi connectivity index (χ0) is 13.1. The highest BCUT2D eigenvalue weighted by atomic mass is 16.7. The summed E-state index contributed by atoms with van der Waals surface area (Å²) in [5.41, 5.74) is 0. The van der Waals surface area contributed by atoms with Crippen LogP contribution in [-0.4, -0.2) is 58.1 Å². The van der Waals surface area contributed by atoms with Gasteiger partial charge in [0.05, 0.1) is 19.5 Å². The van der Waals surface area contributed by atoms with Crippen molar-refractivity contribution in [1.82, 2.24) is 0 Å². The van der Waals surface area contributed by atoms with Gasteiger partial charge in [0.2, 0.25) is 6.29 Å². The van der Waals surface area contributed by atoms with Gasteiger partial charge in [0.15, 0.2) is 5.76 Å². The summed E-state index contributed by atoms with van der Waals surface area (Å²) in [7, 11) is 0. The van der Waals surface area contributed by atoms with Crippen LogP contribution in [0.25, 0.3) is 0 Å². The third-order valence-corrected chi connectivity index (χ3v) is 2.82. The van der Waals surface area contributed by atoms with Crippen molar-refractivity contribution in [2.24, 2.45) is 0 Å². The Balaban J connectivity index is 2.15. The van der Waals surface area contributed by atoms with Gasteiger partial charge < -0.3 is 34.3 Å². The van der Waals surface area contributed by atoms with Crippen LogP contribution in [0, 0.1) is 0 Å². The van der Waals surface area contributed by atoms with E-state index in [1.165, 1.54) is 6.26 Å². The Morgan fingerprint density at radius 2 is 2.06 bits per heavy atom. The second-order valence-corrected chi connectivity index (χ2v) is 4.05. The molecule has 1 aliphatic rings. The Labute approximate surface area is 103 Å². The molecule has 1 aromatic rings. The smallest absolute Gasteiger partial charge is 0.218 e. The minimum atomic E-state index is -1.27. The Kier molecular flexibility index (Phi) is 4.33. The topological polar surface area (TPSA) is 113 Å². The predicted molar refractivity (Wildman–Crippen MR) is 57.4 cm³/mol. The van der Waals surface area contributed by atoms with Crippen LogP contribution in [0.1, 0.15) is 12.1 Å². The number of ether oxygens (including phenoxy) is 2. The Morgan fingerprint density at radius 3 is 2.61 bits per heavy atom. The molecule has 1 aromatic heterocycles. The van der Waals surface area contributed by atoms with Gasteiger partial charge in [-0.3, -0.25) is 0 Å². The van der Waals surface area contributed by atoms with Crippen LogP contribution in [0.15, 0.2) is 22.8 Å². The molecule has 0 radical (unpaired) electrons. The molecule has 1 unspecified atom stereocenters. The van der Waals surface area contributed by atoms with E-state index in [0.29, 0.717) is 5.76 Å². The van der Waals surface area contributed by atoms with Crippen molar-refractivity contribution >= 4 is 0 Å². The monoisotopic (exact) mass is 260 g/mol. The fourth-order valence-electron chi connectivity index (χ4n) is 1.84. The molecule has 0 aromatic carbocycles. The van der Waals surface area contributed by atoms with Gasteiger partial charge in [-0.15, -0.1) is 0 Å². The Morgan fingerprint density at radius 1 is 1.28 bits per heavy atom. The molecule has 1 saturated heterocycles. The highest BCUT2D eigenvalue weighted by Gasteiger charge is 2.42. The van der Waals surface area contributed by atoms with Crippen molar-refractivity contribution in [3.63, 3.8) is 0 Å². The third-order valence-electron chi connectivity index (χ3n) is 2.82. The zero-order valence-corrected chi connectivity index (χ0v) is 9.55. The molecule has 0 aliphatic carbocycles. The minimum Gasteiger partial charge on any atom is -0.464 e. The largest absolute Gasteiger partial charge is 0.464 e. The van der Waals surface area contributed by atoms with E-state index in [-0.39, 0.29) is 0 Å². The van der Waals surface area contributed by atoms with Crippen LogP contribution in [0.2, 0.25) is 0 Å². The van der Waals surface area contributed by atoms with Crippen molar-refractivity contribution in [2.75, 3.05) is 13.2 Å². The summed E-state index contributed by atoms with van der Waals surface area (Å²) < 4.78 is 15.8. The number of aliphatic hydroxyl groups is 4. The standard InChI is InChI=1S/C11H16O7/c12-4-6(14)10-9(15)8(5-13)17-11(18-10)7-2-1-3-16-7/h1-3,6,8-15H,4-5H2/t6-,8+,9-,10-,11?/m1/s1. The lowest BCUT2D eigenvalue weighted by Crippen LogP contribution is -2.54. The molecule has 18 heavy (non-hydrogen) atoms. The summed E-state index contributed by atoms with van der Waals surface area (Å²) in [6.45, 7) is -0.999.